The second-order valence-corrected chi connectivity index (χ2v) is 9.02. The number of likely N-dealkylation sites (tertiary alicyclic amines) is 1. The Hall–Kier alpha value is -2.53. The Balaban J connectivity index is 0.000000806. The van der Waals surface area contributed by atoms with Crippen molar-refractivity contribution in [1.29, 1.82) is 0 Å². The molecule has 11 heteroatoms. The number of fused-ring (bicyclic) bond motifs is 1. The monoisotopic (exact) mass is 436 g/mol. The number of aromatic nitrogens is 4. The molecule has 2 atom stereocenters. The Kier molecular flexibility index (Phi) is 6.71. The molecule has 10 nitrogen and oxygen atoms in total. The lowest BCUT2D eigenvalue weighted by molar-refractivity contribution is -0.122. The molecular formula is C19H28N6O4S. The number of aryl methyl sites for hydroxylation is 2. The largest absolute Gasteiger partial charge is 0.483 e. The zero-order valence-corrected chi connectivity index (χ0v) is 18.3. The molecule has 0 unspecified atom stereocenters. The van der Waals surface area contributed by atoms with Crippen LogP contribution in [0.2, 0.25) is 0 Å². The van der Waals surface area contributed by atoms with Crippen LogP contribution in [-0.2, 0) is 11.3 Å². The third-order valence-corrected chi connectivity index (χ3v) is 6.82. The highest BCUT2D eigenvalue weighted by molar-refractivity contribution is 7.15. The predicted octanol–water partition coefficient (Wildman–Crippen LogP) is 1.03. The van der Waals surface area contributed by atoms with Crippen molar-refractivity contribution in [2.24, 2.45) is 11.3 Å². The van der Waals surface area contributed by atoms with Gasteiger partial charge >= 0.3 is 0 Å². The van der Waals surface area contributed by atoms with Gasteiger partial charge in [-0.1, -0.05) is 18.3 Å². The van der Waals surface area contributed by atoms with Gasteiger partial charge in [-0.3, -0.25) is 14.3 Å². The fraction of sp³-hybridized carbons (Fsp3) is 0.632. The Morgan fingerprint density at radius 1 is 1.33 bits per heavy atom. The van der Waals surface area contributed by atoms with Crippen molar-refractivity contribution in [1.82, 2.24) is 24.9 Å². The molecule has 0 aromatic carbocycles. The Labute approximate surface area is 179 Å². The van der Waals surface area contributed by atoms with E-state index >= 15 is 0 Å². The minimum atomic E-state index is -0.289. The number of carboxylic acid groups (broad SMARTS) is 1. The van der Waals surface area contributed by atoms with Gasteiger partial charge < -0.3 is 20.0 Å². The highest BCUT2D eigenvalue weighted by Gasteiger charge is 2.54. The number of carbonyl (C=O) groups is 2. The van der Waals surface area contributed by atoms with Crippen LogP contribution < -0.4 is 4.90 Å². The Morgan fingerprint density at radius 2 is 2.07 bits per heavy atom. The van der Waals surface area contributed by atoms with Crippen LogP contribution >= 0.6 is 11.3 Å². The van der Waals surface area contributed by atoms with Crippen LogP contribution in [0.25, 0.3) is 0 Å². The van der Waals surface area contributed by atoms with Crippen molar-refractivity contribution in [3.8, 4) is 0 Å². The van der Waals surface area contributed by atoms with Gasteiger partial charge in [0.2, 0.25) is 5.13 Å². The predicted molar refractivity (Wildman–Crippen MR) is 112 cm³/mol. The number of nitrogens with zero attached hydrogens (tertiary/aromatic N) is 6. The van der Waals surface area contributed by atoms with Crippen LogP contribution in [0.3, 0.4) is 0 Å². The SMILES string of the molecule is CCCn1ncc(C(=O)N2C[C@@H]3CN(c4nnc(C)s4)C[C@]3(CO)C2)c1C.O=CO. The summed E-state index contributed by atoms with van der Waals surface area (Å²) in [5.41, 5.74) is 1.30. The standard InChI is InChI=1S/C18H26N6O2S.CH2O2/c1-4-5-24-12(2)15(6-19-24)16(26)22-7-14-8-23(10-18(14,9-22)11-25)17-21-20-13(3)27-17;2-1-3/h6,14,25H,4-5,7-11H2,1-3H3;1H,(H,2,3)/t14-,18+;/m1./s1. The van der Waals surface area contributed by atoms with E-state index in [0.717, 1.165) is 35.3 Å². The molecule has 2 aromatic heterocycles. The summed E-state index contributed by atoms with van der Waals surface area (Å²) >= 11 is 1.58. The second-order valence-electron chi connectivity index (χ2n) is 7.86. The van der Waals surface area contributed by atoms with E-state index in [2.05, 4.69) is 27.1 Å². The van der Waals surface area contributed by atoms with Gasteiger partial charge in [-0.25, -0.2) is 0 Å². The number of anilines is 1. The average Bonchev–Trinajstić information content (AvgIpc) is 3.45. The molecule has 4 rings (SSSR count). The maximum absolute atomic E-state index is 13.1. The summed E-state index contributed by atoms with van der Waals surface area (Å²) in [7, 11) is 0. The molecule has 2 aliphatic rings. The van der Waals surface area contributed by atoms with E-state index in [-0.39, 0.29) is 30.3 Å². The number of hydrogen-bond acceptors (Lipinski definition) is 8. The lowest BCUT2D eigenvalue weighted by atomic mass is 9.82. The summed E-state index contributed by atoms with van der Waals surface area (Å²) in [6, 6.07) is 0. The minimum Gasteiger partial charge on any atom is -0.483 e. The quantitative estimate of drug-likeness (QED) is 0.666. The molecule has 0 bridgehead atoms. The fourth-order valence-corrected chi connectivity index (χ4v) is 5.08. The molecule has 2 aliphatic heterocycles. The molecule has 30 heavy (non-hydrogen) atoms. The first-order chi connectivity index (χ1) is 14.4. The molecule has 2 N–H and O–H groups in total. The first-order valence-corrected chi connectivity index (χ1v) is 10.8. The molecule has 164 valence electrons. The molecule has 0 aliphatic carbocycles. The van der Waals surface area contributed by atoms with Gasteiger partial charge in [0.25, 0.3) is 12.4 Å². The average molecular weight is 437 g/mol. The summed E-state index contributed by atoms with van der Waals surface area (Å²) in [6.07, 6.45) is 2.67. The first-order valence-electron chi connectivity index (χ1n) is 9.94. The van der Waals surface area contributed by atoms with Crippen LogP contribution in [0.15, 0.2) is 6.20 Å². The number of aliphatic hydroxyl groups is 1. The molecule has 0 spiro atoms. The van der Waals surface area contributed by atoms with Gasteiger partial charge in [0.05, 0.1) is 18.4 Å². The van der Waals surface area contributed by atoms with Gasteiger partial charge in [-0.2, -0.15) is 5.10 Å². The molecule has 2 saturated heterocycles. The van der Waals surface area contributed by atoms with Crippen molar-refractivity contribution in [3.05, 3.63) is 22.5 Å². The Morgan fingerprint density at radius 3 is 2.63 bits per heavy atom. The minimum absolute atomic E-state index is 0.0235. The smallest absolute Gasteiger partial charge is 0.290 e. The zero-order valence-electron chi connectivity index (χ0n) is 17.5. The van der Waals surface area contributed by atoms with Crippen molar-refractivity contribution < 1.29 is 19.8 Å². The lowest BCUT2D eigenvalue weighted by Crippen LogP contribution is -2.39. The van der Waals surface area contributed by atoms with E-state index in [4.69, 9.17) is 9.90 Å². The van der Waals surface area contributed by atoms with E-state index < -0.39 is 0 Å². The molecule has 4 heterocycles. The highest BCUT2D eigenvalue weighted by Crippen LogP contribution is 2.44. The van der Waals surface area contributed by atoms with E-state index in [1.807, 2.05) is 23.4 Å². The molecule has 2 fully saturated rings. The van der Waals surface area contributed by atoms with Crippen LogP contribution in [0.5, 0.6) is 0 Å². The maximum atomic E-state index is 13.1. The summed E-state index contributed by atoms with van der Waals surface area (Å²) < 4.78 is 1.89. The van der Waals surface area contributed by atoms with Crippen molar-refractivity contribution in [2.45, 2.75) is 33.7 Å². The Bertz CT molecular complexity index is 899. The number of hydrogen-bond donors (Lipinski definition) is 2. The third kappa shape index (κ3) is 4.04. The van der Waals surface area contributed by atoms with Crippen LogP contribution in [-0.4, -0.2) is 80.3 Å². The van der Waals surface area contributed by atoms with E-state index in [9.17, 15) is 9.90 Å². The van der Waals surface area contributed by atoms with Gasteiger partial charge in [-0.05, 0) is 20.3 Å². The van der Waals surface area contributed by atoms with Crippen molar-refractivity contribution >= 4 is 28.8 Å². The van der Waals surface area contributed by atoms with Crippen LogP contribution in [0, 0.1) is 25.2 Å². The maximum Gasteiger partial charge on any atom is 0.290 e. The number of carbonyl (C=O) groups excluding carboxylic acids is 1. The summed E-state index contributed by atoms with van der Waals surface area (Å²) in [6.45, 7) is 9.37. The molecule has 0 saturated carbocycles. The molecule has 0 radical (unpaired) electrons. The molecule has 1 amide bonds. The van der Waals surface area contributed by atoms with Crippen LogP contribution in [0.1, 0.15) is 34.4 Å². The number of amides is 1. The molecule has 2 aromatic rings. The van der Waals surface area contributed by atoms with E-state index in [0.29, 0.717) is 25.2 Å². The highest BCUT2D eigenvalue weighted by atomic mass is 32.1. The summed E-state index contributed by atoms with van der Waals surface area (Å²) in [5.74, 6) is 0.261. The van der Waals surface area contributed by atoms with E-state index in [1.54, 1.807) is 17.5 Å². The summed E-state index contributed by atoms with van der Waals surface area (Å²) in [5, 5.41) is 31.6. The second kappa shape index (κ2) is 9.09. The topological polar surface area (TPSA) is 125 Å². The normalized spacial score (nSPS) is 22.6. The van der Waals surface area contributed by atoms with E-state index in [1.165, 1.54) is 0 Å². The zero-order chi connectivity index (χ0) is 21.9. The molecular weight excluding hydrogens is 408 g/mol. The van der Waals surface area contributed by atoms with Crippen LogP contribution in [0.4, 0.5) is 5.13 Å². The van der Waals surface area contributed by atoms with Crippen molar-refractivity contribution in [2.75, 3.05) is 37.7 Å². The summed E-state index contributed by atoms with van der Waals surface area (Å²) in [4.78, 5) is 25.5. The fourth-order valence-electron chi connectivity index (χ4n) is 4.38. The number of rotatable bonds is 5. The van der Waals surface area contributed by atoms with Gasteiger partial charge in [0, 0.05) is 49.8 Å². The number of aliphatic hydroxyl groups excluding tert-OH is 1. The third-order valence-electron chi connectivity index (χ3n) is 5.92. The van der Waals surface area contributed by atoms with Gasteiger partial charge in [-0.15, -0.1) is 10.2 Å². The lowest BCUT2D eigenvalue weighted by Gasteiger charge is -2.27. The first kappa shape index (κ1) is 22.2. The van der Waals surface area contributed by atoms with Gasteiger partial charge in [0.1, 0.15) is 5.01 Å². The van der Waals surface area contributed by atoms with Crippen molar-refractivity contribution in [3.63, 3.8) is 0 Å². The van der Waals surface area contributed by atoms with Gasteiger partial charge in [0.15, 0.2) is 0 Å².